The van der Waals surface area contributed by atoms with Gasteiger partial charge in [-0.3, -0.25) is 0 Å². The first-order valence-corrected chi connectivity index (χ1v) is 10.8. The van der Waals surface area contributed by atoms with Crippen LogP contribution in [0.5, 0.6) is 0 Å². The molecule has 0 amide bonds. The fraction of sp³-hybridized carbons (Fsp3) is 0.208. The number of pyridine rings is 1. The third-order valence-electron chi connectivity index (χ3n) is 5.09. The van der Waals surface area contributed by atoms with E-state index in [0.717, 1.165) is 52.8 Å². The summed E-state index contributed by atoms with van der Waals surface area (Å²) in [4.78, 5) is 13.4. The molecule has 0 unspecified atom stereocenters. The van der Waals surface area contributed by atoms with Crippen LogP contribution in [0.15, 0.2) is 54.6 Å². The highest BCUT2D eigenvalue weighted by molar-refractivity contribution is 6.30. The molecule has 158 valence electrons. The van der Waals surface area contributed by atoms with Crippen molar-refractivity contribution in [2.24, 2.45) is 0 Å². The Morgan fingerprint density at radius 2 is 1.71 bits per heavy atom. The fourth-order valence-electron chi connectivity index (χ4n) is 3.51. The third kappa shape index (κ3) is 5.03. The summed E-state index contributed by atoms with van der Waals surface area (Å²) in [5.41, 5.74) is 17.3. The van der Waals surface area contributed by atoms with Crippen molar-refractivity contribution in [2.45, 2.75) is 32.6 Å². The maximum atomic E-state index is 6.36. The van der Waals surface area contributed by atoms with Crippen molar-refractivity contribution < 1.29 is 0 Å². The van der Waals surface area contributed by atoms with Crippen LogP contribution in [0.3, 0.4) is 0 Å². The predicted molar refractivity (Wildman–Crippen MR) is 130 cm³/mol. The van der Waals surface area contributed by atoms with Gasteiger partial charge in [-0.15, -0.1) is 0 Å². The Bertz CT molecular complexity index is 1210. The minimum atomic E-state index is 0.270. The molecule has 2 aromatic carbocycles. The number of nitrogens with one attached hydrogen (secondary N) is 1. The van der Waals surface area contributed by atoms with Crippen LogP contribution in [0.25, 0.3) is 22.2 Å². The normalized spacial score (nSPS) is 11.0. The predicted octanol–water partition coefficient (Wildman–Crippen LogP) is 5.99. The molecule has 0 aliphatic carbocycles. The summed E-state index contributed by atoms with van der Waals surface area (Å²) in [6.45, 7) is 2.18. The summed E-state index contributed by atoms with van der Waals surface area (Å²) >= 11 is 5.99. The van der Waals surface area contributed by atoms with E-state index in [1.807, 2.05) is 54.6 Å². The second-order valence-corrected chi connectivity index (χ2v) is 7.96. The van der Waals surface area contributed by atoms with E-state index < -0.39 is 0 Å². The molecule has 0 saturated heterocycles. The topological polar surface area (TPSA) is 103 Å². The van der Waals surface area contributed by atoms with Crippen LogP contribution in [0.2, 0.25) is 5.02 Å². The minimum Gasteiger partial charge on any atom is -0.398 e. The Kier molecular flexibility index (Phi) is 6.18. The summed E-state index contributed by atoms with van der Waals surface area (Å²) in [6, 6.07) is 17.2. The molecule has 0 aliphatic rings. The van der Waals surface area contributed by atoms with E-state index in [1.165, 1.54) is 6.42 Å². The summed E-state index contributed by atoms with van der Waals surface area (Å²) in [5, 5.41) is 4.87. The molecular formula is C24H25ClN6. The molecule has 7 heteroatoms. The second-order valence-electron chi connectivity index (χ2n) is 7.52. The van der Waals surface area contributed by atoms with E-state index in [-0.39, 0.29) is 5.95 Å². The van der Waals surface area contributed by atoms with E-state index in [0.29, 0.717) is 16.5 Å². The van der Waals surface area contributed by atoms with Gasteiger partial charge in [0, 0.05) is 39.1 Å². The summed E-state index contributed by atoms with van der Waals surface area (Å²) in [5.74, 6) is 0.939. The van der Waals surface area contributed by atoms with Gasteiger partial charge < -0.3 is 16.8 Å². The summed E-state index contributed by atoms with van der Waals surface area (Å²) < 4.78 is 0. The van der Waals surface area contributed by atoms with Crippen molar-refractivity contribution in [1.82, 2.24) is 15.0 Å². The highest BCUT2D eigenvalue weighted by Gasteiger charge is 2.09. The molecule has 4 aromatic rings. The number of fused-ring (bicyclic) bond motifs is 1. The van der Waals surface area contributed by atoms with Gasteiger partial charge in [0.15, 0.2) is 0 Å². The number of hydrogen-bond donors (Lipinski definition) is 3. The Hall–Kier alpha value is -3.38. The lowest BCUT2D eigenvalue weighted by atomic mass is 10.1. The molecule has 0 bridgehead atoms. The van der Waals surface area contributed by atoms with Gasteiger partial charge in [-0.1, -0.05) is 43.5 Å². The van der Waals surface area contributed by atoms with E-state index >= 15 is 0 Å². The molecule has 0 radical (unpaired) electrons. The largest absolute Gasteiger partial charge is 0.398 e. The molecule has 5 N–H and O–H groups in total. The van der Waals surface area contributed by atoms with Gasteiger partial charge in [0.2, 0.25) is 5.95 Å². The van der Waals surface area contributed by atoms with Crippen LogP contribution in [-0.4, -0.2) is 15.0 Å². The smallest absolute Gasteiger partial charge is 0.222 e. The Morgan fingerprint density at radius 3 is 2.48 bits per heavy atom. The SMILES string of the molecule is CCCCCc1cc(Nc2ccc3nc(-c4ccc(Cl)cc4)cc(N)c3c2)nc(N)n1. The second kappa shape index (κ2) is 9.18. The average molecular weight is 433 g/mol. The van der Waals surface area contributed by atoms with E-state index in [9.17, 15) is 0 Å². The molecule has 0 saturated carbocycles. The van der Waals surface area contributed by atoms with Crippen molar-refractivity contribution in [1.29, 1.82) is 0 Å². The van der Waals surface area contributed by atoms with E-state index in [4.69, 9.17) is 28.1 Å². The van der Waals surface area contributed by atoms with Crippen LogP contribution in [-0.2, 0) is 6.42 Å². The van der Waals surface area contributed by atoms with Crippen molar-refractivity contribution in [3.05, 3.63) is 65.3 Å². The number of anilines is 4. The average Bonchev–Trinajstić information content (AvgIpc) is 2.74. The van der Waals surface area contributed by atoms with Gasteiger partial charge in [-0.05, 0) is 49.2 Å². The number of aryl methyl sites for hydroxylation is 1. The number of hydrogen-bond acceptors (Lipinski definition) is 6. The zero-order chi connectivity index (χ0) is 21.8. The molecule has 4 rings (SSSR count). The number of nitrogens with zero attached hydrogens (tertiary/aromatic N) is 3. The molecule has 0 spiro atoms. The van der Waals surface area contributed by atoms with Crippen molar-refractivity contribution >= 4 is 45.6 Å². The van der Waals surface area contributed by atoms with Gasteiger partial charge in [-0.25, -0.2) is 9.97 Å². The maximum absolute atomic E-state index is 6.36. The van der Waals surface area contributed by atoms with E-state index in [1.54, 1.807) is 0 Å². The standard InChI is InChI=1S/C24H25ClN6/c1-2-3-4-5-17-13-23(31-24(27)29-17)28-18-10-11-21-19(12-18)20(26)14-22(30-21)15-6-8-16(25)9-7-15/h6-14H,2-5H2,1H3,(H2,26,30)(H3,27,28,29,31). The van der Waals surface area contributed by atoms with Crippen molar-refractivity contribution in [3.63, 3.8) is 0 Å². The maximum Gasteiger partial charge on any atom is 0.222 e. The minimum absolute atomic E-state index is 0.270. The lowest BCUT2D eigenvalue weighted by Gasteiger charge is -2.11. The van der Waals surface area contributed by atoms with Gasteiger partial charge in [0.1, 0.15) is 5.82 Å². The molecule has 2 heterocycles. The third-order valence-corrected chi connectivity index (χ3v) is 5.34. The van der Waals surface area contributed by atoms with Crippen LogP contribution in [0, 0.1) is 0 Å². The number of aromatic nitrogens is 3. The number of benzene rings is 2. The zero-order valence-electron chi connectivity index (χ0n) is 17.4. The number of nitrogen functional groups attached to an aromatic ring is 2. The van der Waals surface area contributed by atoms with Crippen LogP contribution in [0.1, 0.15) is 31.9 Å². The van der Waals surface area contributed by atoms with Gasteiger partial charge in [0.05, 0.1) is 11.2 Å². The molecule has 2 aromatic heterocycles. The van der Waals surface area contributed by atoms with Crippen molar-refractivity contribution in [3.8, 4) is 11.3 Å². The van der Waals surface area contributed by atoms with E-state index in [2.05, 4.69) is 22.2 Å². The van der Waals surface area contributed by atoms with Crippen LogP contribution in [0.4, 0.5) is 23.1 Å². The summed E-state index contributed by atoms with van der Waals surface area (Å²) in [6.07, 6.45) is 4.30. The van der Waals surface area contributed by atoms with Gasteiger partial charge in [0.25, 0.3) is 0 Å². The Morgan fingerprint density at radius 1 is 0.903 bits per heavy atom. The quantitative estimate of drug-likeness (QED) is 0.310. The fourth-order valence-corrected chi connectivity index (χ4v) is 3.64. The number of unbranched alkanes of at least 4 members (excludes halogenated alkanes) is 2. The lowest BCUT2D eigenvalue weighted by molar-refractivity contribution is 0.707. The summed E-state index contributed by atoms with van der Waals surface area (Å²) in [7, 11) is 0. The molecule has 0 fully saturated rings. The highest BCUT2D eigenvalue weighted by Crippen LogP contribution is 2.30. The number of rotatable bonds is 7. The monoisotopic (exact) mass is 432 g/mol. The van der Waals surface area contributed by atoms with Crippen LogP contribution < -0.4 is 16.8 Å². The molecular weight excluding hydrogens is 408 g/mol. The molecule has 6 nitrogen and oxygen atoms in total. The van der Waals surface area contributed by atoms with Crippen molar-refractivity contribution in [2.75, 3.05) is 16.8 Å². The first kappa shape index (κ1) is 20.9. The van der Waals surface area contributed by atoms with Gasteiger partial charge in [-0.2, -0.15) is 4.98 Å². The first-order chi connectivity index (χ1) is 15.0. The van der Waals surface area contributed by atoms with Crippen LogP contribution >= 0.6 is 11.6 Å². The Balaban J connectivity index is 1.60. The number of halogens is 1. The molecule has 0 atom stereocenters. The van der Waals surface area contributed by atoms with Gasteiger partial charge >= 0.3 is 0 Å². The zero-order valence-corrected chi connectivity index (χ0v) is 18.2. The Labute approximate surface area is 186 Å². The highest BCUT2D eigenvalue weighted by atomic mass is 35.5. The molecule has 0 aliphatic heterocycles. The molecule has 31 heavy (non-hydrogen) atoms. The number of nitrogens with two attached hydrogens (primary N) is 2. The first-order valence-electron chi connectivity index (χ1n) is 10.4. The lowest BCUT2D eigenvalue weighted by Crippen LogP contribution is -2.03.